The third-order valence-electron chi connectivity index (χ3n) is 4.31. The van der Waals surface area contributed by atoms with E-state index in [1.807, 2.05) is 18.7 Å². The Bertz CT molecular complexity index is 339. The monoisotopic (exact) mass is 250 g/mol. The van der Waals surface area contributed by atoms with Gasteiger partial charge in [0, 0.05) is 37.1 Å². The molecule has 1 N–H and O–H groups in total. The van der Waals surface area contributed by atoms with Crippen molar-refractivity contribution in [1.29, 1.82) is 0 Å². The predicted octanol–water partition coefficient (Wildman–Crippen LogP) is 1.74. The molecule has 1 aromatic rings. The standard InChI is InChI=1S/C14H26N4/c1-13(10-18-9-8-15-12-18)16-11-14(17(2)3)6-4-5-7-14/h8-9,12-13,16H,4-7,10-11H2,1-3H3/t13-/m0/s1. The summed E-state index contributed by atoms with van der Waals surface area (Å²) < 4.78 is 2.13. The normalized spacial score (nSPS) is 20.4. The van der Waals surface area contributed by atoms with E-state index in [4.69, 9.17) is 0 Å². The molecule has 1 aliphatic carbocycles. The van der Waals surface area contributed by atoms with E-state index in [-0.39, 0.29) is 0 Å². The lowest BCUT2D eigenvalue weighted by atomic mass is 9.95. The summed E-state index contributed by atoms with van der Waals surface area (Å²) in [5.74, 6) is 0. The number of nitrogens with zero attached hydrogens (tertiary/aromatic N) is 3. The van der Waals surface area contributed by atoms with Gasteiger partial charge in [-0.25, -0.2) is 4.98 Å². The Hall–Kier alpha value is -0.870. The Labute approximate surface area is 110 Å². The van der Waals surface area contributed by atoms with Crippen LogP contribution in [-0.4, -0.2) is 46.7 Å². The van der Waals surface area contributed by atoms with Gasteiger partial charge in [0.15, 0.2) is 0 Å². The molecule has 0 amide bonds. The second-order valence-corrected chi connectivity index (χ2v) is 5.87. The molecule has 4 nitrogen and oxygen atoms in total. The molecule has 18 heavy (non-hydrogen) atoms. The average molecular weight is 250 g/mol. The van der Waals surface area contributed by atoms with Crippen LogP contribution < -0.4 is 5.32 Å². The summed E-state index contributed by atoms with van der Waals surface area (Å²) in [6.07, 6.45) is 11.1. The van der Waals surface area contributed by atoms with Crippen LogP contribution in [0.2, 0.25) is 0 Å². The van der Waals surface area contributed by atoms with Crippen molar-refractivity contribution < 1.29 is 0 Å². The number of hydrogen-bond acceptors (Lipinski definition) is 3. The molecule has 0 spiro atoms. The molecule has 1 fully saturated rings. The van der Waals surface area contributed by atoms with Crippen molar-refractivity contribution in [2.24, 2.45) is 0 Å². The zero-order valence-corrected chi connectivity index (χ0v) is 11.9. The molecule has 0 bridgehead atoms. The Balaban J connectivity index is 1.82. The highest BCUT2D eigenvalue weighted by Crippen LogP contribution is 2.33. The molecule has 4 heteroatoms. The summed E-state index contributed by atoms with van der Waals surface area (Å²) in [5, 5.41) is 3.69. The molecule has 0 saturated heterocycles. The van der Waals surface area contributed by atoms with Crippen molar-refractivity contribution in [1.82, 2.24) is 19.8 Å². The molecule has 1 heterocycles. The summed E-state index contributed by atoms with van der Waals surface area (Å²) in [5.41, 5.74) is 0.378. The van der Waals surface area contributed by atoms with Gasteiger partial charge in [-0.2, -0.15) is 0 Å². The van der Waals surface area contributed by atoms with Crippen LogP contribution in [0.15, 0.2) is 18.7 Å². The number of nitrogens with one attached hydrogen (secondary N) is 1. The number of rotatable bonds is 6. The molecule has 1 saturated carbocycles. The minimum absolute atomic E-state index is 0.378. The van der Waals surface area contributed by atoms with Crippen molar-refractivity contribution in [2.45, 2.75) is 50.7 Å². The SMILES string of the molecule is C[C@@H](Cn1ccnc1)NCC1(N(C)C)CCCC1. The Morgan fingerprint density at radius 1 is 1.39 bits per heavy atom. The topological polar surface area (TPSA) is 33.1 Å². The van der Waals surface area contributed by atoms with Crippen molar-refractivity contribution in [3.63, 3.8) is 0 Å². The summed E-state index contributed by atoms with van der Waals surface area (Å²) in [7, 11) is 4.43. The van der Waals surface area contributed by atoms with Gasteiger partial charge in [-0.15, -0.1) is 0 Å². The number of hydrogen-bond donors (Lipinski definition) is 1. The minimum atomic E-state index is 0.378. The van der Waals surface area contributed by atoms with Gasteiger partial charge in [0.05, 0.1) is 6.33 Å². The van der Waals surface area contributed by atoms with E-state index in [1.165, 1.54) is 25.7 Å². The number of aromatic nitrogens is 2. The molecular formula is C14H26N4. The number of likely N-dealkylation sites (N-methyl/N-ethyl adjacent to an activating group) is 1. The molecule has 1 aliphatic rings. The van der Waals surface area contributed by atoms with Gasteiger partial charge in [-0.1, -0.05) is 12.8 Å². The minimum Gasteiger partial charge on any atom is -0.336 e. The van der Waals surface area contributed by atoms with E-state index >= 15 is 0 Å². The average Bonchev–Trinajstić information content (AvgIpc) is 2.97. The molecule has 1 atom stereocenters. The van der Waals surface area contributed by atoms with E-state index in [1.54, 1.807) is 0 Å². The van der Waals surface area contributed by atoms with Crippen LogP contribution in [0.5, 0.6) is 0 Å². The van der Waals surface area contributed by atoms with E-state index in [2.05, 4.69) is 40.8 Å². The van der Waals surface area contributed by atoms with Crippen molar-refractivity contribution in [3.05, 3.63) is 18.7 Å². The molecular weight excluding hydrogens is 224 g/mol. The molecule has 0 radical (unpaired) electrons. The van der Waals surface area contributed by atoms with Gasteiger partial charge in [0.2, 0.25) is 0 Å². The second kappa shape index (κ2) is 5.85. The lowest BCUT2D eigenvalue weighted by Crippen LogP contribution is -2.51. The van der Waals surface area contributed by atoms with E-state index in [0.717, 1.165) is 13.1 Å². The van der Waals surface area contributed by atoms with E-state index in [0.29, 0.717) is 11.6 Å². The van der Waals surface area contributed by atoms with Crippen LogP contribution in [0.3, 0.4) is 0 Å². The maximum atomic E-state index is 4.08. The van der Waals surface area contributed by atoms with Crippen molar-refractivity contribution in [3.8, 4) is 0 Å². The Kier molecular flexibility index (Phi) is 4.40. The van der Waals surface area contributed by atoms with Crippen LogP contribution in [0, 0.1) is 0 Å². The Morgan fingerprint density at radius 2 is 2.11 bits per heavy atom. The van der Waals surface area contributed by atoms with Crippen LogP contribution in [-0.2, 0) is 6.54 Å². The highest BCUT2D eigenvalue weighted by Gasteiger charge is 2.35. The van der Waals surface area contributed by atoms with Gasteiger partial charge < -0.3 is 14.8 Å². The quantitative estimate of drug-likeness (QED) is 0.835. The molecule has 102 valence electrons. The fourth-order valence-corrected chi connectivity index (χ4v) is 2.95. The molecule has 0 aromatic carbocycles. The largest absolute Gasteiger partial charge is 0.336 e. The van der Waals surface area contributed by atoms with Crippen molar-refractivity contribution >= 4 is 0 Å². The van der Waals surface area contributed by atoms with Crippen LogP contribution in [0.25, 0.3) is 0 Å². The molecule has 0 unspecified atom stereocenters. The fraction of sp³-hybridized carbons (Fsp3) is 0.786. The first-order valence-electron chi connectivity index (χ1n) is 6.99. The summed E-state index contributed by atoms with van der Waals surface area (Å²) in [4.78, 5) is 6.50. The number of imidazole rings is 1. The third-order valence-corrected chi connectivity index (χ3v) is 4.31. The first kappa shape index (κ1) is 13.6. The van der Waals surface area contributed by atoms with Gasteiger partial charge in [-0.05, 0) is 33.9 Å². The zero-order valence-electron chi connectivity index (χ0n) is 11.9. The predicted molar refractivity (Wildman–Crippen MR) is 74.6 cm³/mol. The molecule has 1 aromatic heterocycles. The van der Waals surface area contributed by atoms with Crippen LogP contribution in [0.4, 0.5) is 0 Å². The second-order valence-electron chi connectivity index (χ2n) is 5.87. The zero-order chi connectivity index (χ0) is 13.0. The van der Waals surface area contributed by atoms with Gasteiger partial charge >= 0.3 is 0 Å². The van der Waals surface area contributed by atoms with Gasteiger partial charge in [0.1, 0.15) is 0 Å². The van der Waals surface area contributed by atoms with Crippen LogP contribution in [0.1, 0.15) is 32.6 Å². The summed E-state index contributed by atoms with van der Waals surface area (Å²) in [6.45, 7) is 4.33. The smallest absolute Gasteiger partial charge is 0.0946 e. The van der Waals surface area contributed by atoms with Crippen molar-refractivity contribution in [2.75, 3.05) is 20.6 Å². The molecule has 0 aliphatic heterocycles. The highest BCUT2D eigenvalue weighted by molar-refractivity contribution is 4.95. The third kappa shape index (κ3) is 3.12. The Morgan fingerprint density at radius 3 is 2.67 bits per heavy atom. The highest BCUT2D eigenvalue weighted by atomic mass is 15.2. The van der Waals surface area contributed by atoms with Gasteiger partial charge in [-0.3, -0.25) is 0 Å². The summed E-state index contributed by atoms with van der Waals surface area (Å²) >= 11 is 0. The van der Waals surface area contributed by atoms with E-state index in [9.17, 15) is 0 Å². The lowest BCUT2D eigenvalue weighted by molar-refractivity contribution is 0.148. The van der Waals surface area contributed by atoms with Gasteiger partial charge in [0.25, 0.3) is 0 Å². The molecule has 2 rings (SSSR count). The maximum Gasteiger partial charge on any atom is 0.0946 e. The first-order valence-corrected chi connectivity index (χ1v) is 6.99. The fourth-order valence-electron chi connectivity index (χ4n) is 2.95. The van der Waals surface area contributed by atoms with E-state index < -0.39 is 0 Å². The summed E-state index contributed by atoms with van der Waals surface area (Å²) in [6, 6.07) is 0.483. The lowest BCUT2D eigenvalue weighted by Gasteiger charge is -2.37. The maximum absolute atomic E-state index is 4.08. The van der Waals surface area contributed by atoms with Crippen LogP contribution >= 0.6 is 0 Å². The first-order chi connectivity index (χ1) is 8.62.